The van der Waals surface area contributed by atoms with E-state index in [1.54, 1.807) is 10.6 Å². The first-order valence-electron chi connectivity index (χ1n) is 7.32. The molecular weight excluding hydrogens is 268 g/mol. The highest BCUT2D eigenvalue weighted by atomic mass is 16.6. The van der Waals surface area contributed by atoms with Crippen LogP contribution < -0.4 is 0 Å². The maximum Gasteiger partial charge on any atom is 0.317 e. The van der Waals surface area contributed by atoms with Gasteiger partial charge in [0.1, 0.15) is 11.5 Å². The number of aromatic nitrogens is 4. The van der Waals surface area contributed by atoms with Crippen LogP contribution in [-0.2, 0) is 9.53 Å². The summed E-state index contributed by atoms with van der Waals surface area (Å²) in [6.45, 7) is 6.42. The molecule has 0 unspecified atom stereocenters. The molecule has 2 aromatic rings. The molecule has 1 aliphatic carbocycles. The van der Waals surface area contributed by atoms with E-state index in [1.807, 2.05) is 19.2 Å². The lowest BCUT2D eigenvalue weighted by Crippen LogP contribution is -2.52. The van der Waals surface area contributed by atoms with Crippen molar-refractivity contribution in [3.8, 4) is 0 Å². The summed E-state index contributed by atoms with van der Waals surface area (Å²) in [5.41, 5.74) is -0.441. The van der Waals surface area contributed by atoms with Crippen LogP contribution in [0.15, 0.2) is 18.5 Å². The van der Waals surface area contributed by atoms with E-state index in [1.165, 1.54) is 0 Å². The monoisotopic (exact) mass is 286 g/mol. The maximum absolute atomic E-state index is 12.6. The summed E-state index contributed by atoms with van der Waals surface area (Å²) in [5, 5.41) is 8.29. The number of carbonyl (C=O) groups is 1. The predicted octanol–water partition coefficient (Wildman–Crippen LogP) is 1.96. The average molecular weight is 286 g/mol. The molecule has 0 amide bonds. The van der Waals surface area contributed by atoms with Gasteiger partial charge in [-0.15, -0.1) is 10.2 Å². The van der Waals surface area contributed by atoms with Crippen LogP contribution in [0.3, 0.4) is 0 Å². The molecule has 3 heterocycles. The van der Waals surface area contributed by atoms with Crippen molar-refractivity contribution in [2.75, 3.05) is 0 Å². The van der Waals surface area contributed by atoms with Gasteiger partial charge in [-0.2, -0.15) is 0 Å². The summed E-state index contributed by atoms with van der Waals surface area (Å²) in [6.07, 6.45) is 5.39. The first-order chi connectivity index (χ1) is 9.94. The summed E-state index contributed by atoms with van der Waals surface area (Å²) >= 11 is 0. The van der Waals surface area contributed by atoms with Gasteiger partial charge < -0.3 is 4.74 Å². The van der Waals surface area contributed by atoms with Gasteiger partial charge in [-0.05, 0) is 31.7 Å². The Labute approximate surface area is 122 Å². The lowest BCUT2D eigenvalue weighted by Gasteiger charge is -2.47. The summed E-state index contributed by atoms with van der Waals surface area (Å²) in [7, 11) is 0. The number of fused-ring (bicyclic) bond motifs is 3. The summed E-state index contributed by atoms with van der Waals surface area (Å²) < 4.78 is 7.62. The highest BCUT2D eigenvalue weighted by Gasteiger charge is 2.63. The van der Waals surface area contributed by atoms with E-state index in [9.17, 15) is 4.79 Å². The fourth-order valence-electron chi connectivity index (χ4n) is 3.98. The molecule has 6 heteroatoms. The largest absolute Gasteiger partial charge is 0.458 e. The zero-order valence-electron chi connectivity index (χ0n) is 12.4. The van der Waals surface area contributed by atoms with Gasteiger partial charge in [0.2, 0.25) is 0 Å². The van der Waals surface area contributed by atoms with Crippen LogP contribution in [-0.4, -0.2) is 31.2 Å². The number of esters is 1. The maximum atomic E-state index is 12.6. The van der Waals surface area contributed by atoms with Gasteiger partial charge in [-0.3, -0.25) is 9.20 Å². The van der Waals surface area contributed by atoms with E-state index in [0.717, 1.165) is 12.8 Å². The van der Waals surface area contributed by atoms with Gasteiger partial charge in [-0.1, -0.05) is 13.8 Å². The zero-order valence-corrected chi connectivity index (χ0v) is 12.4. The molecule has 4 rings (SSSR count). The van der Waals surface area contributed by atoms with Crippen molar-refractivity contribution in [3.63, 3.8) is 0 Å². The second-order valence-electron chi connectivity index (χ2n) is 6.84. The standard InChI is InChI=1S/C15H18N4O2/c1-14(2)9-5-6-15(14,3)21-12(20)10(9)11-17-18-13-16-7-4-8-19(11)13/h4,7-10H,5-6H2,1-3H3/t9-,10-,15-/m1/s1. The van der Waals surface area contributed by atoms with Crippen molar-refractivity contribution >= 4 is 11.7 Å². The van der Waals surface area contributed by atoms with Crippen LogP contribution in [0.2, 0.25) is 0 Å². The van der Waals surface area contributed by atoms with Crippen molar-refractivity contribution in [2.45, 2.75) is 45.1 Å². The average Bonchev–Trinajstić information content (AvgIpc) is 2.89. The van der Waals surface area contributed by atoms with Crippen molar-refractivity contribution in [2.24, 2.45) is 11.3 Å². The molecule has 6 nitrogen and oxygen atoms in total. The molecule has 0 N–H and O–H groups in total. The van der Waals surface area contributed by atoms with Gasteiger partial charge >= 0.3 is 5.97 Å². The van der Waals surface area contributed by atoms with Crippen LogP contribution >= 0.6 is 0 Å². The number of hydrogen-bond donors (Lipinski definition) is 0. The van der Waals surface area contributed by atoms with Gasteiger partial charge in [-0.25, -0.2) is 4.98 Å². The van der Waals surface area contributed by atoms with E-state index < -0.39 is 0 Å². The SMILES string of the molecule is CC1(C)[C@@H]2CC[C@@]1(C)OC(=O)[C@H]2c1nnc2ncccn12. The minimum atomic E-state index is -0.371. The normalized spacial score (nSPS) is 34.1. The molecule has 2 fully saturated rings. The molecule has 2 aromatic heterocycles. The molecule has 21 heavy (non-hydrogen) atoms. The van der Waals surface area contributed by atoms with Crippen molar-refractivity contribution < 1.29 is 9.53 Å². The highest BCUT2D eigenvalue weighted by molar-refractivity contribution is 5.80. The van der Waals surface area contributed by atoms with Crippen molar-refractivity contribution in [1.82, 2.24) is 19.6 Å². The minimum absolute atomic E-state index is 0.0698. The van der Waals surface area contributed by atoms with Gasteiger partial charge in [0.25, 0.3) is 5.78 Å². The molecule has 2 aliphatic rings. The fourth-order valence-corrected chi connectivity index (χ4v) is 3.98. The van der Waals surface area contributed by atoms with E-state index in [2.05, 4.69) is 29.0 Å². The molecule has 2 bridgehead atoms. The third kappa shape index (κ3) is 1.47. The molecule has 0 radical (unpaired) electrons. The molecule has 0 aromatic carbocycles. The number of nitrogens with zero attached hydrogens (tertiary/aromatic N) is 4. The Hall–Kier alpha value is -1.98. The quantitative estimate of drug-likeness (QED) is 0.749. The minimum Gasteiger partial charge on any atom is -0.458 e. The van der Waals surface area contributed by atoms with Crippen LogP contribution in [0.25, 0.3) is 5.78 Å². The highest BCUT2D eigenvalue weighted by Crippen LogP contribution is 2.60. The molecule has 1 saturated heterocycles. The van der Waals surface area contributed by atoms with Crippen LogP contribution in [0.4, 0.5) is 0 Å². The second-order valence-corrected chi connectivity index (χ2v) is 6.84. The van der Waals surface area contributed by atoms with E-state index in [0.29, 0.717) is 11.6 Å². The lowest BCUT2D eigenvalue weighted by atomic mass is 9.66. The first kappa shape index (κ1) is 12.7. The molecule has 1 saturated carbocycles. The Kier molecular flexibility index (Phi) is 2.31. The lowest BCUT2D eigenvalue weighted by molar-refractivity contribution is -0.187. The Morgan fingerprint density at radius 2 is 2.14 bits per heavy atom. The Morgan fingerprint density at radius 1 is 1.33 bits per heavy atom. The molecular formula is C15H18N4O2. The number of carbonyl (C=O) groups excluding carboxylic acids is 1. The van der Waals surface area contributed by atoms with E-state index in [-0.39, 0.29) is 28.8 Å². The number of ether oxygens (including phenoxy) is 1. The van der Waals surface area contributed by atoms with Crippen LogP contribution in [0.5, 0.6) is 0 Å². The first-order valence-corrected chi connectivity index (χ1v) is 7.32. The van der Waals surface area contributed by atoms with Crippen LogP contribution in [0, 0.1) is 11.3 Å². The van der Waals surface area contributed by atoms with E-state index in [4.69, 9.17) is 4.74 Å². The number of hydrogen-bond acceptors (Lipinski definition) is 5. The summed E-state index contributed by atoms with van der Waals surface area (Å²) in [4.78, 5) is 16.7. The fraction of sp³-hybridized carbons (Fsp3) is 0.600. The Morgan fingerprint density at radius 3 is 2.95 bits per heavy atom. The summed E-state index contributed by atoms with van der Waals surface area (Å²) in [6, 6.07) is 1.82. The predicted molar refractivity (Wildman–Crippen MR) is 74.5 cm³/mol. The van der Waals surface area contributed by atoms with Gasteiger partial charge in [0.15, 0.2) is 5.82 Å². The van der Waals surface area contributed by atoms with Crippen LogP contribution in [0.1, 0.15) is 45.4 Å². The second kappa shape index (κ2) is 3.81. The summed E-state index contributed by atoms with van der Waals surface area (Å²) in [5.74, 6) is 0.832. The van der Waals surface area contributed by atoms with Crippen molar-refractivity contribution in [1.29, 1.82) is 0 Å². The Balaban J connectivity index is 1.87. The van der Waals surface area contributed by atoms with Crippen molar-refractivity contribution in [3.05, 3.63) is 24.3 Å². The van der Waals surface area contributed by atoms with E-state index >= 15 is 0 Å². The topological polar surface area (TPSA) is 69.4 Å². The third-order valence-corrected chi connectivity index (χ3v) is 5.70. The molecule has 1 aliphatic heterocycles. The third-order valence-electron chi connectivity index (χ3n) is 5.70. The van der Waals surface area contributed by atoms with Gasteiger partial charge in [0, 0.05) is 17.8 Å². The molecule has 110 valence electrons. The smallest absolute Gasteiger partial charge is 0.317 e. The Bertz CT molecular complexity index is 738. The zero-order chi connectivity index (χ0) is 14.8. The molecule has 3 atom stereocenters. The number of rotatable bonds is 1. The van der Waals surface area contributed by atoms with Gasteiger partial charge in [0.05, 0.1) is 0 Å². The molecule has 0 spiro atoms.